The number of aromatic nitrogens is 2. The van der Waals surface area contributed by atoms with Crippen molar-refractivity contribution in [2.45, 2.75) is 26.3 Å². The number of benzene rings is 2. The fourth-order valence-electron chi connectivity index (χ4n) is 3.58. The van der Waals surface area contributed by atoms with E-state index in [1.165, 1.54) is 18.3 Å². The van der Waals surface area contributed by atoms with Gasteiger partial charge >= 0.3 is 0 Å². The zero-order valence-electron chi connectivity index (χ0n) is 17.8. The van der Waals surface area contributed by atoms with Crippen molar-refractivity contribution in [1.29, 1.82) is 0 Å². The first kappa shape index (κ1) is 21.6. The zero-order valence-corrected chi connectivity index (χ0v) is 18.7. The van der Waals surface area contributed by atoms with E-state index >= 15 is 0 Å². The van der Waals surface area contributed by atoms with Crippen molar-refractivity contribution in [3.05, 3.63) is 65.7 Å². The Balaban J connectivity index is 1.52. The van der Waals surface area contributed by atoms with E-state index in [0.29, 0.717) is 18.2 Å². The Morgan fingerprint density at radius 3 is 2.75 bits per heavy atom. The van der Waals surface area contributed by atoms with E-state index in [0.717, 1.165) is 33.5 Å². The normalized spacial score (nSPS) is 11.8. The summed E-state index contributed by atoms with van der Waals surface area (Å²) < 4.78 is 5.68. The number of carbonyl (C=O) groups excluding carboxylic acids is 2. The van der Waals surface area contributed by atoms with Crippen LogP contribution in [0.3, 0.4) is 0 Å². The van der Waals surface area contributed by atoms with Crippen molar-refractivity contribution in [3.8, 4) is 17.0 Å². The summed E-state index contributed by atoms with van der Waals surface area (Å²) in [5.41, 5.74) is 3.53. The fraction of sp³-hybridized carbons (Fsp3) is 0.208. The van der Waals surface area contributed by atoms with Crippen molar-refractivity contribution in [2.24, 2.45) is 0 Å². The molecule has 2 heterocycles. The highest BCUT2D eigenvalue weighted by Crippen LogP contribution is 2.32. The van der Waals surface area contributed by atoms with Gasteiger partial charge in [0, 0.05) is 41.4 Å². The molecule has 32 heavy (non-hydrogen) atoms. The summed E-state index contributed by atoms with van der Waals surface area (Å²) in [7, 11) is 0. The molecule has 0 saturated carbocycles. The summed E-state index contributed by atoms with van der Waals surface area (Å²) in [4.78, 5) is 32.6. The molecular formula is C24H24N4O3S. The van der Waals surface area contributed by atoms with E-state index in [-0.39, 0.29) is 11.8 Å². The van der Waals surface area contributed by atoms with Gasteiger partial charge in [-0.2, -0.15) is 0 Å². The number of carbonyl (C=O) groups is 2. The Morgan fingerprint density at radius 1 is 1.16 bits per heavy atom. The molecular weight excluding hydrogens is 424 g/mol. The van der Waals surface area contributed by atoms with Crippen molar-refractivity contribution in [2.75, 3.05) is 11.9 Å². The number of ether oxygens (including phenoxy) is 1. The summed E-state index contributed by atoms with van der Waals surface area (Å²) in [6.45, 7) is 3.89. The summed E-state index contributed by atoms with van der Waals surface area (Å²) in [6.07, 6.45) is 2.24. The molecule has 1 unspecified atom stereocenters. The molecule has 0 saturated heterocycles. The molecule has 0 aliphatic rings. The topological polar surface area (TPSA) is 96.1 Å². The molecule has 0 fully saturated rings. The Morgan fingerprint density at radius 2 is 1.94 bits per heavy atom. The molecule has 2 aromatic carbocycles. The van der Waals surface area contributed by atoms with Crippen LogP contribution >= 0.6 is 11.3 Å². The van der Waals surface area contributed by atoms with Gasteiger partial charge in [-0.1, -0.05) is 30.3 Å². The highest BCUT2D eigenvalue weighted by molar-refractivity contribution is 7.14. The van der Waals surface area contributed by atoms with Crippen molar-refractivity contribution in [3.63, 3.8) is 0 Å². The third-order valence-electron chi connectivity index (χ3n) is 4.99. The van der Waals surface area contributed by atoms with Gasteiger partial charge in [-0.25, -0.2) is 4.98 Å². The zero-order chi connectivity index (χ0) is 22.5. The number of para-hydroxylation sites is 2. The van der Waals surface area contributed by atoms with Gasteiger partial charge < -0.3 is 20.4 Å². The van der Waals surface area contributed by atoms with Gasteiger partial charge in [-0.15, -0.1) is 11.3 Å². The molecule has 0 bridgehead atoms. The minimum atomic E-state index is -0.727. The second kappa shape index (κ2) is 9.65. The minimum Gasteiger partial charge on any atom is -0.493 e. The Bertz CT molecular complexity index is 1250. The van der Waals surface area contributed by atoms with Crippen molar-refractivity contribution >= 4 is 39.2 Å². The summed E-state index contributed by atoms with van der Waals surface area (Å²) >= 11 is 1.33. The lowest BCUT2D eigenvalue weighted by Crippen LogP contribution is -2.44. The quantitative estimate of drug-likeness (QED) is 0.373. The average molecular weight is 449 g/mol. The van der Waals surface area contributed by atoms with Gasteiger partial charge in [0.1, 0.15) is 11.8 Å². The number of anilines is 1. The van der Waals surface area contributed by atoms with Gasteiger partial charge in [0.2, 0.25) is 11.8 Å². The van der Waals surface area contributed by atoms with E-state index < -0.39 is 6.04 Å². The maximum atomic E-state index is 13.0. The van der Waals surface area contributed by atoms with E-state index in [1.807, 2.05) is 67.0 Å². The predicted octanol–water partition coefficient (Wildman–Crippen LogP) is 4.38. The standard InChI is InChI=1S/C24H24N4O3S/c1-3-31-22-11-7-5-9-18(22)21-14-32-24(27-21)28-23(30)20(26-15(2)29)12-16-13-25-19-10-6-4-8-17(16)19/h4-11,13-14,20,25H,3,12H2,1-2H3,(H,26,29)(H,27,28,30). The van der Waals surface area contributed by atoms with Crippen LogP contribution in [0.5, 0.6) is 5.75 Å². The van der Waals surface area contributed by atoms with Crippen LogP contribution in [0, 0.1) is 0 Å². The van der Waals surface area contributed by atoms with Crippen molar-refractivity contribution < 1.29 is 14.3 Å². The van der Waals surface area contributed by atoms with Gasteiger partial charge in [0.25, 0.3) is 0 Å². The predicted molar refractivity (Wildman–Crippen MR) is 127 cm³/mol. The summed E-state index contributed by atoms with van der Waals surface area (Å²) in [5, 5.41) is 8.98. The molecule has 8 heteroatoms. The average Bonchev–Trinajstić information content (AvgIpc) is 3.41. The monoisotopic (exact) mass is 448 g/mol. The van der Waals surface area contributed by atoms with E-state index in [1.54, 1.807) is 0 Å². The molecule has 2 aromatic heterocycles. The van der Waals surface area contributed by atoms with Crippen LogP contribution in [-0.4, -0.2) is 34.4 Å². The minimum absolute atomic E-state index is 0.268. The number of aromatic amines is 1. The highest BCUT2D eigenvalue weighted by atomic mass is 32.1. The Kier molecular flexibility index (Phi) is 6.51. The first-order chi connectivity index (χ1) is 15.5. The first-order valence-electron chi connectivity index (χ1n) is 10.4. The number of nitrogens with one attached hydrogen (secondary N) is 3. The molecule has 0 aliphatic heterocycles. The highest BCUT2D eigenvalue weighted by Gasteiger charge is 2.23. The lowest BCUT2D eigenvalue weighted by molar-refractivity contribution is -0.125. The molecule has 0 aliphatic carbocycles. The van der Waals surface area contributed by atoms with Gasteiger partial charge in [-0.3, -0.25) is 9.59 Å². The van der Waals surface area contributed by atoms with Gasteiger partial charge in [-0.05, 0) is 30.7 Å². The smallest absolute Gasteiger partial charge is 0.249 e. The molecule has 1 atom stereocenters. The number of nitrogens with zero attached hydrogens (tertiary/aromatic N) is 1. The molecule has 7 nitrogen and oxygen atoms in total. The molecule has 4 rings (SSSR count). The van der Waals surface area contributed by atoms with Crippen LogP contribution in [0.4, 0.5) is 5.13 Å². The SMILES string of the molecule is CCOc1ccccc1-c1csc(NC(=O)C(Cc2c[nH]c3ccccc23)NC(C)=O)n1. The molecule has 4 aromatic rings. The van der Waals surface area contributed by atoms with Gasteiger partial charge in [0.05, 0.1) is 12.3 Å². The fourth-order valence-corrected chi connectivity index (χ4v) is 4.30. The summed E-state index contributed by atoms with van der Waals surface area (Å²) in [5.74, 6) is 0.161. The van der Waals surface area contributed by atoms with Crippen LogP contribution in [0.15, 0.2) is 60.1 Å². The second-order valence-electron chi connectivity index (χ2n) is 7.27. The van der Waals surface area contributed by atoms with Crippen LogP contribution in [0.25, 0.3) is 22.2 Å². The third-order valence-corrected chi connectivity index (χ3v) is 5.75. The van der Waals surface area contributed by atoms with Crippen LogP contribution in [-0.2, 0) is 16.0 Å². The molecule has 3 N–H and O–H groups in total. The molecule has 164 valence electrons. The van der Waals surface area contributed by atoms with Crippen LogP contribution < -0.4 is 15.4 Å². The first-order valence-corrected chi connectivity index (χ1v) is 11.2. The van der Waals surface area contributed by atoms with Crippen LogP contribution in [0.2, 0.25) is 0 Å². The third kappa shape index (κ3) is 4.81. The molecule has 0 radical (unpaired) electrons. The number of amides is 2. The van der Waals surface area contributed by atoms with Crippen LogP contribution in [0.1, 0.15) is 19.4 Å². The van der Waals surface area contributed by atoms with E-state index in [4.69, 9.17) is 4.74 Å². The number of fused-ring (bicyclic) bond motifs is 1. The lowest BCUT2D eigenvalue weighted by Gasteiger charge is -2.16. The lowest BCUT2D eigenvalue weighted by atomic mass is 10.0. The Hall–Kier alpha value is -3.65. The molecule has 2 amide bonds. The maximum absolute atomic E-state index is 13.0. The number of H-pyrrole nitrogens is 1. The second-order valence-corrected chi connectivity index (χ2v) is 8.13. The number of hydrogen-bond donors (Lipinski definition) is 3. The number of rotatable bonds is 8. The van der Waals surface area contributed by atoms with E-state index in [2.05, 4.69) is 20.6 Å². The van der Waals surface area contributed by atoms with Crippen molar-refractivity contribution in [1.82, 2.24) is 15.3 Å². The van der Waals surface area contributed by atoms with E-state index in [9.17, 15) is 9.59 Å². The maximum Gasteiger partial charge on any atom is 0.249 e. The molecule has 0 spiro atoms. The van der Waals surface area contributed by atoms with Gasteiger partial charge in [0.15, 0.2) is 5.13 Å². The largest absolute Gasteiger partial charge is 0.493 e. The number of thiazole rings is 1. The summed E-state index contributed by atoms with van der Waals surface area (Å²) in [6, 6.07) is 14.8. The number of hydrogen-bond acceptors (Lipinski definition) is 5. The Labute approximate surface area is 189 Å².